The van der Waals surface area contributed by atoms with Gasteiger partial charge in [-0.15, -0.1) is 0 Å². The van der Waals surface area contributed by atoms with Crippen LogP contribution in [0, 0.1) is 0 Å². The molecule has 1 rings (SSSR count). The van der Waals surface area contributed by atoms with Crippen molar-refractivity contribution < 1.29 is 106 Å². The van der Waals surface area contributed by atoms with Crippen molar-refractivity contribution in [1.29, 1.82) is 0 Å². The molecule has 7 heteroatoms. The first-order chi connectivity index (χ1) is 5.08. The molecule has 3 nitrogen and oxygen atoms in total. The average Bonchev–Trinajstić information content (AvgIpc) is 1.85. The van der Waals surface area contributed by atoms with Gasteiger partial charge in [-0.1, -0.05) is 30.3 Å². The predicted molar refractivity (Wildman–Crippen MR) is 45.0 cm³/mol. The maximum absolute atomic E-state index is 10.4. The minimum absolute atomic E-state index is 0. The smallest absolute Gasteiger partial charge is 1.00 e. The van der Waals surface area contributed by atoms with Crippen LogP contribution in [0.5, 0.6) is 0 Å². The van der Waals surface area contributed by atoms with Gasteiger partial charge in [0.25, 0.3) is 10.1 Å². The number of benzene rings is 1. The third-order valence-electron chi connectivity index (χ3n) is 1.19. The largest absolute Gasteiger partial charge is 1.00 e. The monoisotopic (exact) mass is 244 g/mol. The third kappa shape index (κ3) is 10.6. The van der Waals surface area contributed by atoms with Crippen LogP contribution in [0.3, 0.4) is 0 Å². The Balaban J connectivity index is -0.0000000504. The summed E-state index contributed by atoms with van der Waals surface area (Å²) in [5, 5.41) is 0. The molecule has 1 aromatic rings. The normalized spacial score (nSPS) is 8.93. The molecule has 0 aliphatic carbocycles. The summed E-state index contributed by atoms with van der Waals surface area (Å²) in [5.41, 5.74) is 0.593. The fourth-order valence-corrected chi connectivity index (χ4v) is 1.40. The Bertz CT molecular complexity index is 337. The van der Waals surface area contributed by atoms with Crippen LogP contribution < -0.4 is 88.7 Å². The van der Waals surface area contributed by atoms with E-state index in [0.717, 1.165) is 0 Å². The maximum Gasteiger partial charge on any atom is 1.00 e. The minimum Gasteiger partial charge on any atom is -1.00 e. The van der Waals surface area contributed by atoms with Gasteiger partial charge >= 0.3 is 88.7 Å². The van der Waals surface area contributed by atoms with Crippen molar-refractivity contribution in [3.05, 3.63) is 35.9 Å². The quantitative estimate of drug-likeness (QED) is 0.415. The molecule has 0 saturated carbocycles. The van der Waals surface area contributed by atoms with Gasteiger partial charge in [-0.2, -0.15) is 8.42 Å². The van der Waals surface area contributed by atoms with E-state index in [1.54, 1.807) is 30.3 Å². The Labute approximate surface area is 155 Å². The first-order valence-electron chi connectivity index (χ1n) is 3.07. The molecule has 0 saturated heterocycles. The van der Waals surface area contributed by atoms with Crippen molar-refractivity contribution in [2.45, 2.75) is 5.75 Å². The van der Waals surface area contributed by atoms with Crippen molar-refractivity contribution in [1.82, 2.24) is 0 Å². The Morgan fingerprint density at radius 3 is 1.86 bits per heavy atom. The second kappa shape index (κ2) is 10.3. The van der Waals surface area contributed by atoms with E-state index in [0.29, 0.717) is 5.56 Å². The summed E-state index contributed by atoms with van der Waals surface area (Å²) >= 11 is 0. The van der Waals surface area contributed by atoms with Gasteiger partial charge in [0.2, 0.25) is 0 Å². The molecule has 0 amide bonds. The fraction of sp³-hybridized carbons (Fsp3) is 0.143. The third-order valence-corrected chi connectivity index (χ3v) is 1.89. The standard InChI is InChI=1S/C7H8O3S.3Na.3H/c8-11(9,10)6-7-4-2-1-3-5-7;;;;;;/h1-5H,6H2,(H,8,9,10);;;;;;/q;3*+1;3*-1. The van der Waals surface area contributed by atoms with Gasteiger partial charge in [-0.3, -0.25) is 4.55 Å². The average molecular weight is 244 g/mol. The van der Waals surface area contributed by atoms with E-state index in [-0.39, 0.29) is 98.7 Å². The van der Waals surface area contributed by atoms with Gasteiger partial charge in [0.15, 0.2) is 0 Å². The Hall–Kier alpha value is 2.13. The van der Waals surface area contributed by atoms with E-state index >= 15 is 0 Å². The number of rotatable bonds is 2. The summed E-state index contributed by atoms with van der Waals surface area (Å²) in [4.78, 5) is 0. The van der Waals surface area contributed by atoms with Crippen LogP contribution in [0.15, 0.2) is 30.3 Å². The van der Waals surface area contributed by atoms with Crippen molar-refractivity contribution in [3.63, 3.8) is 0 Å². The zero-order chi connectivity index (χ0) is 8.32. The minimum atomic E-state index is -3.88. The molecule has 0 spiro atoms. The van der Waals surface area contributed by atoms with Crippen LogP contribution in [-0.2, 0) is 15.9 Å². The molecule has 66 valence electrons. The summed E-state index contributed by atoms with van der Waals surface area (Å²) < 4.78 is 29.2. The van der Waals surface area contributed by atoms with E-state index in [2.05, 4.69) is 0 Å². The molecule has 0 fully saturated rings. The van der Waals surface area contributed by atoms with Crippen LogP contribution in [0.4, 0.5) is 0 Å². The first-order valence-corrected chi connectivity index (χ1v) is 4.68. The van der Waals surface area contributed by atoms with Crippen LogP contribution >= 0.6 is 0 Å². The van der Waals surface area contributed by atoms with E-state index < -0.39 is 10.1 Å². The number of hydrogen-bond donors (Lipinski definition) is 1. The van der Waals surface area contributed by atoms with Crippen LogP contribution in [0.2, 0.25) is 0 Å². The number of hydrogen-bond acceptors (Lipinski definition) is 2. The molecule has 0 heterocycles. The molecule has 0 aromatic heterocycles. The maximum atomic E-state index is 10.4. The molecule has 0 unspecified atom stereocenters. The molecule has 1 N–H and O–H groups in total. The van der Waals surface area contributed by atoms with Gasteiger partial charge in [0, 0.05) is 0 Å². The Morgan fingerprint density at radius 1 is 1.07 bits per heavy atom. The van der Waals surface area contributed by atoms with E-state index in [9.17, 15) is 8.42 Å². The van der Waals surface area contributed by atoms with Crippen molar-refractivity contribution in [2.24, 2.45) is 0 Å². The topological polar surface area (TPSA) is 54.4 Å². The van der Waals surface area contributed by atoms with Gasteiger partial charge in [-0.05, 0) is 5.56 Å². The summed E-state index contributed by atoms with van der Waals surface area (Å²) in [5.74, 6) is -0.312. The summed E-state index contributed by atoms with van der Waals surface area (Å²) in [6.45, 7) is 0. The SMILES string of the molecule is O=S(=O)(O)Cc1ccccc1.[H-].[H-].[H-].[Na+].[Na+].[Na+]. The second-order valence-corrected chi connectivity index (χ2v) is 3.66. The van der Waals surface area contributed by atoms with Crippen LogP contribution in [0.1, 0.15) is 9.84 Å². The molecular formula is C7H11Na3O3S. The summed E-state index contributed by atoms with van der Waals surface area (Å²) in [6, 6.07) is 8.52. The van der Waals surface area contributed by atoms with Crippen molar-refractivity contribution in [2.75, 3.05) is 0 Å². The van der Waals surface area contributed by atoms with Crippen LogP contribution in [0.25, 0.3) is 0 Å². The Morgan fingerprint density at radius 2 is 1.50 bits per heavy atom. The van der Waals surface area contributed by atoms with E-state index in [1.165, 1.54) is 0 Å². The molecule has 0 radical (unpaired) electrons. The van der Waals surface area contributed by atoms with Gasteiger partial charge in [-0.25, -0.2) is 0 Å². The molecule has 0 bridgehead atoms. The first kappa shape index (κ1) is 21.4. The molecule has 14 heavy (non-hydrogen) atoms. The van der Waals surface area contributed by atoms with E-state index in [4.69, 9.17) is 4.55 Å². The molecule has 0 atom stereocenters. The Kier molecular flexibility index (Phi) is 15.7. The summed E-state index contributed by atoms with van der Waals surface area (Å²) in [6.07, 6.45) is 0. The van der Waals surface area contributed by atoms with E-state index in [1.807, 2.05) is 0 Å². The second-order valence-electron chi connectivity index (χ2n) is 2.21. The zero-order valence-corrected chi connectivity index (χ0v) is 15.6. The van der Waals surface area contributed by atoms with Crippen LogP contribution in [-0.4, -0.2) is 13.0 Å². The zero-order valence-electron chi connectivity index (χ0n) is 11.8. The van der Waals surface area contributed by atoms with Gasteiger partial charge < -0.3 is 4.28 Å². The van der Waals surface area contributed by atoms with Gasteiger partial charge in [0.05, 0.1) is 0 Å². The molecule has 1 aromatic carbocycles. The molecular weight excluding hydrogens is 233 g/mol. The molecule has 0 aliphatic heterocycles. The molecule has 0 aliphatic rings. The predicted octanol–water partition coefficient (Wildman–Crippen LogP) is -7.58. The van der Waals surface area contributed by atoms with Crippen molar-refractivity contribution in [3.8, 4) is 0 Å². The van der Waals surface area contributed by atoms with Gasteiger partial charge in [0.1, 0.15) is 5.75 Å². The fourth-order valence-electron chi connectivity index (χ4n) is 0.785. The summed E-state index contributed by atoms with van der Waals surface area (Å²) in [7, 11) is -3.88. The van der Waals surface area contributed by atoms with Crippen molar-refractivity contribution >= 4 is 10.1 Å².